The van der Waals surface area contributed by atoms with Crippen molar-refractivity contribution in [2.75, 3.05) is 25.6 Å². The number of ether oxygens (including phenoxy) is 2. The Morgan fingerprint density at radius 2 is 2.04 bits per heavy atom. The second-order valence-corrected chi connectivity index (χ2v) is 6.73. The highest BCUT2D eigenvalue weighted by Gasteiger charge is 2.13. The summed E-state index contributed by atoms with van der Waals surface area (Å²) in [6, 6.07) is 12.7. The van der Waals surface area contributed by atoms with Gasteiger partial charge >= 0.3 is 0 Å². The number of benzene rings is 2. The summed E-state index contributed by atoms with van der Waals surface area (Å²) in [4.78, 5) is 12.1. The van der Waals surface area contributed by atoms with Gasteiger partial charge in [-0.15, -0.1) is 0 Å². The number of anilines is 1. The van der Waals surface area contributed by atoms with Crippen LogP contribution in [0.1, 0.15) is 12.5 Å². The van der Waals surface area contributed by atoms with Gasteiger partial charge in [0.05, 0.1) is 17.8 Å². The highest BCUT2D eigenvalue weighted by molar-refractivity contribution is 9.10. The van der Waals surface area contributed by atoms with Crippen LogP contribution in [0.4, 0.5) is 5.69 Å². The van der Waals surface area contributed by atoms with E-state index < -0.39 is 0 Å². The molecule has 0 saturated carbocycles. The van der Waals surface area contributed by atoms with E-state index in [0.29, 0.717) is 33.3 Å². The van der Waals surface area contributed by atoms with Crippen molar-refractivity contribution in [2.45, 2.75) is 6.92 Å². The SMILES string of the molecule is CCNC(=S)N/N=C\c1cc(Br)c(OCC(=O)Nc2ccccc2)c(OC)c1. The lowest BCUT2D eigenvalue weighted by molar-refractivity contribution is -0.118. The summed E-state index contributed by atoms with van der Waals surface area (Å²) < 4.78 is 11.7. The number of methoxy groups -OCH3 is 1. The smallest absolute Gasteiger partial charge is 0.262 e. The molecule has 0 unspecified atom stereocenters. The zero-order chi connectivity index (χ0) is 20.4. The van der Waals surface area contributed by atoms with Crippen LogP contribution < -0.4 is 25.5 Å². The molecule has 2 aromatic carbocycles. The average Bonchev–Trinajstić information content (AvgIpc) is 2.67. The molecule has 2 aromatic rings. The van der Waals surface area contributed by atoms with E-state index in [9.17, 15) is 4.79 Å². The number of halogens is 1. The zero-order valence-corrected chi connectivity index (χ0v) is 17.9. The molecule has 0 spiro atoms. The van der Waals surface area contributed by atoms with Crippen LogP contribution in [-0.2, 0) is 4.79 Å². The van der Waals surface area contributed by atoms with E-state index in [-0.39, 0.29) is 12.5 Å². The fraction of sp³-hybridized carbons (Fsp3) is 0.211. The van der Waals surface area contributed by atoms with Gasteiger partial charge in [-0.3, -0.25) is 10.2 Å². The van der Waals surface area contributed by atoms with Crippen molar-refractivity contribution >= 4 is 51.1 Å². The maximum atomic E-state index is 12.1. The van der Waals surface area contributed by atoms with E-state index in [1.807, 2.05) is 25.1 Å². The van der Waals surface area contributed by atoms with Crippen LogP contribution in [0.3, 0.4) is 0 Å². The minimum atomic E-state index is -0.271. The minimum absolute atomic E-state index is 0.157. The van der Waals surface area contributed by atoms with Crippen molar-refractivity contribution in [3.05, 3.63) is 52.5 Å². The maximum absolute atomic E-state index is 12.1. The van der Waals surface area contributed by atoms with Crippen molar-refractivity contribution in [1.29, 1.82) is 0 Å². The number of thiocarbonyl (C=S) groups is 1. The summed E-state index contributed by atoms with van der Waals surface area (Å²) in [6.45, 7) is 2.50. The number of hydrogen-bond donors (Lipinski definition) is 3. The molecule has 1 amide bonds. The normalized spacial score (nSPS) is 10.4. The molecule has 0 fully saturated rings. The van der Waals surface area contributed by atoms with Crippen LogP contribution in [0, 0.1) is 0 Å². The minimum Gasteiger partial charge on any atom is -0.493 e. The summed E-state index contributed by atoms with van der Waals surface area (Å²) in [5.74, 6) is 0.628. The van der Waals surface area contributed by atoms with Crippen molar-refractivity contribution in [1.82, 2.24) is 10.7 Å². The molecule has 0 heterocycles. The molecule has 0 aromatic heterocycles. The second kappa shape index (κ2) is 11.3. The average molecular weight is 465 g/mol. The molecule has 0 aliphatic carbocycles. The lowest BCUT2D eigenvalue weighted by atomic mass is 10.2. The van der Waals surface area contributed by atoms with Crippen molar-refractivity contribution in [3.8, 4) is 11.5 Å². The Balaban J connectivity index is 2.01. The van der Waals surface area contributed by atoms with Gasteiger partial charge in [-0.1, -0.05) is 18.2 Å². The Morgan fingerprint density at radius 3 is 2.71 bits per heavy atom. The van der Waals surface area contributed by atoms with Gasteiger partial charge in [-0.25, -0.2) is 0 Å². The van der Waals surface area contributed by atoms with Crippen molar-refractivity contribution < 1.29 is 14.3 Å². The lowest BCUT2D eigenvalue weighted by Gasteiger charge is -2.13. The fourth-order valence-corrected chi connectivity index (χ4v) is 2.95. The van der Waals surface area contributed by atoms with Crippen molar-refractivity contribution in [3.63, 3.8) is 0 Å². The Morgan fingerprint density at radius 1 is 1.29 bits per heavy atom. The Labute approximate surface area is 177 Å². The van der Waals surface area contributed by atoms with Crippen molar-refractivity contribution in [2.24, 2.45) is 5.10 Å². The molecule has 9 heteroatoms. The van der Waals surface area contributed by atoms with E-state index in [1.165, 1.54) is 7.11 Å². The number of rotatable bonds is 8. The molecule has 28 heavy (non-hydrogen) atoms. The molecular weight excluding hydrogens is 444 g/mol. The summed E-state index contributed by atoms with van der Waals surface area (Å²) in [7, 11) is 1.53. The van der Waals surface area contributed by atoms with Gasteiger partial charge in [-0.2, -0.15) is 5.10 Å². The van der Waals surface area contributed by atoms with Crippen LogP contribution >= 0.6 is 28.1 Å². The molecule has 0 aliphatic heterocycles. The quantitative estimate of drug-likeness (QED) is 0.315. The van der Waals surface area contributed by atoms with Crippen LogP contribution in [-0.4, -0.2) is 37.5 Å². The molecule has 0 radical (unpaired) electrons. The predicted octanol–water partition coefficient (Wildman–Crippen LogP) is 3.29. The van der Waals surface area contributed by atoms with Gasteiger partial charge in [0.1, 0.15) is 0 Å². The van der Waals surface area contributed by atoms with E-state index in [4.69, 9.17) is 21.7 Å². The molecule has 3 N–H and O–H groups in total. The molecule has 7 nitrogen and oxygen atoms in total. The van der Waals surface area contributed by atoms with Crippen LogP contribution in [0.5, 0.6) is 11.5 Å². The molecule has 0 aliphatic rings. The second-order valence-electron chi connectivity index (χ2n) is 5.47. The van der Waals surface area contributed by atoms with Crippen LogP contribution in [0.15, 0.2) is 52.0 Å². The Hall–Kier alpha value is -2.65. The highest BCUT2D eigenvalue weighted by atomic mass is 79.9. The summed E-state index contributed by atoms with van der Waals surface area (Å²) in [6.07, 6.45) is 1.60. The number of carbonyl (C=O) groups excluding carboxylic acids is 1. The van der Waals surface area contributed by atoms with Gasteiger partial charge in [0.25, 0.3) is 5.91 Å². The number of hydrogen-bond acceptors (Lipinski definition) is 5. The van der Waals surface area contributed by atoms with Gasteiger partial charge in [0.15, 0.2) is 23.2 Å². The summed E-state index contributed by atoms with van der Waals surface area (Å²) in [5, 5.41) is 10.2. The first kappa shape index (κ1) is 21.6. The maximum Gasteiger partial charge on any atom is 0.262 e. The third-order valence-corrected chi connectivity index (χ3v) is 4.20. The number of hydrazone groups is 1. The first-order chi connectivity index (χ1) is 13.5. The lowest BCUT2D eigenvalue weighted by Crippen LogP contribution is -2.31. The molecule has 0 saturated heterocycles. The summed E-state index contributed by atoms with van der Waals surface area (Å²) >= 11 is 8.49. The summed E-state index contributed by atoms with van der Waals surface area (Å²) in [5.41, 5.74) is 4.18. The standard InChI is InChI=1S/C19H21BrN4O3S/c1-3-21-19(28)24-22-11-13-9-15(20)18(16(10-13)26-2)27-12-17(25)23-14-7-5-4-6-8-14/h4-11H,3,12H2,1-2H3,(H,23,25)(H2,21,24,28)/b22-11-. The van der Waals surface area contributed by atoms with Gasteiger partial charge in [-0.05, 0) is 64.9 Å². The number of nitrogens with one attached hydrogen (secondary N) is 3. The van der Waals surface area contributed by atoms with Crippen LogP contribution in [0.25, 0.3) is 0 Å². The van der Waals surface area contributed by atoms with Gasteiger partial charge in [0, 0.05) is 12.2 Å². The largest absolute Gasteiger partial charge is 0.493 e. The number of carbonyl (C=O) groups is 1. The third kappa shape index (κ3) is 6.82. The molecule has 0 bridgehead atoms. The fourth-order valence-electron chi connectivity index (χ4n) is 2.18. The molecule has 148 valence electrons. The zero-order valence-electron chi connectivity index (χ0n) is 15.5. The van der Waals surface area contributed by atoms with E-state index in [2.05, 4.69) is 37.1 Å². The number of nitrogens with zero attached hydrogens (tertiary/aromatic N) is 1. The van der Waals surface area contributed by atoms with E-state index in [0.717, 1.165) is 5.56 Å². The third-order valence-electron chi connectivity index (χ3n) is 3.37. The first-order valence-electron chi connectivity index (χ1n) is 8.45. The first-order valence-corrected chi connectivity index (χ1v) is 9.65. The monoisotopic (exact) mass is 464 g/mol. The van der Waals surface area contributed by atoms with E-state index in [1.54, 1.807) is 30.5 Å². The van der Waals surface area contributed by atoms with Gasteiger partial charge < -0.3 is 20.1 Å². The van der Waals surface area contributed by atoms with Crippen LogP contribution in [0.2, 0.25) is 0 Å². The molecular formula is C19H21BrN4O3S. The topological polar surface area (TPSA) is 84.0 Å². The number of para-hydroxylation sites is 1. The predicted molar refractivity (Wildman–Crippen MR) is 118 cm³/mol. The molecule has 0 atom stereocenters. The highest BCUT2D eigenvalue weighted by Crippen LogP contribution is 2.36. The Kier molecular flexibility index (Phi) is 8.70. The van der Waals surface area contributed by atoms with Gasteiger partial charge in [0.2, 0.25) is 0 Å². The molecule has 2 rings (SSSR count). The Bertz CT molecular complexity index is 847. The van der Waals surface area contributed by atoms with E-state index >= 15 is 0 Å². The number of amides is 1.